The Bertz CT molecular complexity index is 1410. The number of ether oxygens (including phenoxy) is 2. The van der Waals surface area contributed by atoms with Crippen molar-refractivity contribution in [3.05, 3.63) is 86.9 Å². The van der Waals surface area contributed by atoms with E-state index in [2.05, 4.69) is 0 Å². The van der Waals surface area contributed by atoms with Gasteiger partial charge in [-0.3, -0.25) is 4.90 Å². The normalized spacial score (nSPS) is 15.8. The lowest BCUT2D eigenvalue weighted by Crippen LogP contribution is -2.35. The van der Waals surface area contributed by atoms with Crippen LogP contribution in [0.2, 0.25) is 0 Å². The van der Waals surface area contributed by atoms with Gasteiger partial charge in [0, 0.05) is 47.8 Å². The Labute approximate surface area is 220 Å². The summed E-state index contributed by atoms with van der Waals surface area (Å²) in [5, 5.41) is 9.23. The minimum Gasteiger partial charge on any atom is -0.488 e. The molecule has 0 spiro atoms. The van der Waals surface area contributed by atoms with E-state index in [1.54, 1.807) is 42.5 Å². The van der Waals surface area contributed by atoms with E-state index in [4.69, 9.17) is 9.47 Å². The highest BCUT2D eigenvalue weighted by atomic mass is 32.1. The number of alkyl halides is 3. The summed E-state index contributed by atoms with van der Waals surface area (Å²) in [5.74, 6) is -1.10. The van der Waals surface area contributed by atoms with Gasteiger partial charge in [0.05, 0.1) is 5.56 Å². The molecule has 0 bridgehead atoms. The average molecular weight is 546 g/mol. The first-order valence-corrected chi connectivity index (χ1v) is 12.7. The molecule has 3 aromatic rings. The molecule has 2 aliphatic heterocycles. The van der Waals surface area contributed by atoms with Crippen LogP contribution in [0.15, 0.2) is 65.8 Å². The molecule has 3 heterocycles. The zero-order valence-electron chi connectivity index (χ0n) is 20.1. The first-order valence-electron chi connectivity index (χ1n) is 11.9. The van der Waals surface area contributed by atoms with Gasteiger partial charge in [0.1, 0.15) is 35.4 Å². The lowest BCUT2D eigenvalue weighted by atomic mass is 10.0. The molecule has 0 saturated carbocycles. The van der Waals surface area contributed by atoms with Crippen molar-refractivity contribution in [3.8, 4) is 22.6 Å². The van der Waals surface area contributed by atoms with Gasteiger partial charge in [0.25, 0.3) is 0 Å². The molecule has 1 N–H and O–H groups in total. The third-order valence-corrected chi connectivity index (χ3v) is 7.42. The van der Waals surface area contributed by atoms with Gasteiger partial charge in [-0.1, -0.05) is 36.4 Å². The van der Waals surface area contributed by atoms with Crippen molar-refractivity contribution in [3.63, 3.8) is 0 Å². The first-order chi connectivity index (χ1) is 18.2. The summed E-state index contributed by atoms with van der Waals surface area (Å²) >= 11 is 0.602. The zero-order valence-corrected chi connectivity index (χ0v) is 20.9. The minimum absolute atomic E-state index is 0.0824. The number of aliphatic carboxylic acids is 1. The summed E-state index contributed by atoms with van der Waals surface area (Å²) in [6.45, 7) is 1.50. The third kappa shape index (κ3) is 5.76. The van der Waals surface area contributed by atoms with Crippen molar-refractivity contribution < 1.29 is 36.9 Å². The molecule has 5 rings (SSSR count). The molecule has 0 aliphatic carbocycles. The number of halogens is 4. The van der Waals surface area contributed by atoms with Crippen LogP contribution in [0.25, 0.3) is 17.2 Å². The molecule has 38 heavy (non-hydrogen) atoms. The molecule has 2 aliphatic rings. The topological polar surface area (TPSA) is 59.0 Å². The second kappa shape index (κ2) is 10.6. The summed E-state index contributed by atoms with van der Waals surface area (Å²) in [6.07, 6.45) is -0.478. The lowest BCUT2D eigenvalue weighted by Gasteiger charge is -2.28. The van der Waals surface area contributed by atoms with Crippen molar-refractivity contribution in [2.24, 2.45) is 0 Å². The van der Waals surface area contributed by atoms with E-state index >= 15 is 0 Å². The van der Waals surface area contributed by atoms with Crippen LogP contribution in [0.5, 0.6) is 11.5 Å². The predicted molar refractivity (Wildman–Crippen MR) is 136 cm³/mol. The van der Waals surface area contributed by atoms with E-state index in [0.717, 1.165) is 5.57 Å². The smallest absolute Gasteiger partial charge is 0.426 e. The molecule has 1 aromatic heterocycles. The maximum atomic E-state index is 15.0. The van der Waals surface area contributed by atoms with Gasteiger partial charge in [0.2, 0.25) is 0 Å². The Kier molecular flexibility index (Phi) is 7.27. The molecular formula is C28H23F4NO4S. The Morgan fingerprint density at radius 3 is 2.68 bits per heavy atom. The largest absolute Gasteiger partial charge is 0.488 e. The summed E-state index contributed by atoms with van der Waals surface area (Å²) in [7, 11) is 0. The van der Waals surface area contributed by atoms with Crippen LogP contribution in [0.1, 0.15) is 21.7 Å². The van der Waals surface area contributed by atoms with E-state index in [9.17, 15) is 27.5 Å². The van der Waals surface area contributed by atoms with Gasteiger partial charge in [-0.25, -0.2) is 9.18 Å². The number of nitrogens with zero attached hydrogens (tertiary/aromatic N) is 1. The molecule has 0 unspecified atom stereocenters. The maximum absolute atomic E-state index is 15.0. The van der Waals surface area contributed by atoms with Gasteiger partial charge in [0.15, 0.2) is 0 Å². The Morgan fingerprint density at radius 1 is 1.16 bits per heavy atom. The summed E-state index contributed by atoms with van der Waals surface area (Å²) in [5.41, 5.74) is 1.94. The average Bonchev–Trinajstić information content (AvgIpc) is 3.34. The number of carbonyl (C=O) groups is 1. The van der Waals surface area contributed by atoms with Crippen LogP contribution >= 0.6 is 11.3 Å². The highest BCUT2D eigenvalue weighted by Crippen LogP contribution is 2.43. The van der Waals surface area contributed by atoms with E-state index in [-0.39, 0.29) is 35.8 Å². The fourth-order valence-electron chi connectivity index (χ4n) is 4.51. The van der Waals surface area contributed by atoms with Crippen LogP contribution in [0.3, 0.4) is 0 Å². The fourth-order valence-corrected chi connectivity index (χ4v) is 5.47. The third-order valence-electron chi connectivity index (χ3n) is 6.26. The number of rotatable bonds is 7. The zero-order chi connectivity index (χ0) is 26.9. The van der Waals surface area contributed by atoms with Crippen LogP contribution in [-0.2, 0) is 17.6 Å². The van der Waals surface area contributed by atoms with Crippen LogP contribution in [-0.4, -0.2) is 42.2 Å². The molecule has 2 aromatic carbocycles. The van der Waals surface area contributed by atoms with E-state index < -0.39 is 22.8 Å². The molecule has 5 nitrogen and oxygen atoms in total. The Balaban J connectivity index is 1.29. The number of thiophene rings is 1. The molecule has 0 fully saturated rings. The Morgan fingerprint density at radius 2 is 1.95 bits per heavy atom. The van der Waals surface area contributed by atoms with Crippen molar-refractivity contribution in [1.82, 2.24) is 4.90 Å². The molecule has 10 heteroatoms. The van der Waals surface area contributed by atoms with Crippen molar-refractivity contribution in [1.29, 1.82) is 0 Å². The highest BCUT2D eigenvalue weighted by Gasteiger charge is 2.36. The SMILES string of the molecule is O=C(O)C1=CCCN(CC2=Cc3c(F)cc(OCc4cc(-c5ccccc5)c(C(F)(F)F)s4)cc3OC2)C1. The van der Waals surface area contributed by atoms with Crippen LogP contribution in [0, 0.1) is 5.82 Å². The van der Waals surface area contributed by atoms with Crippen molar-refractivity contribution in [2.45, 2.75) is 19.2 Å². The standard InChI is InChI=1S/C28H23F4NO4S/c29-24-10-20(36-16-21-12-22(18-5-2-1-3-6-18)26(38-21)28(30,31)32)11-25-23(24)9-17(15-37-25)13-33-8-4-7-19(14-33)27(34)35/h1-3,5-7,9-12H,4,8,13-16H2,(H,34,35). The van der Waals surface area contributed by atoms with Crippen molar-refractivity contribution in [2.75, 3.05) is 26.2 Å². The lowest BCUT2D eigenvalue weighted by molar-refractivity contribution is -0.134. The van der Waals surface area contributed by atoms with E-state index in [1.165, 1.54) is 18.2 Å². The van der Waals surface area contributed by atoms with Gasteiger partial charge < -0.3 is 14.6 Å². The monoisotopic (exact) mass is 545 g/mol. The molecule has 0 amide bonds. The fraction of sp³-hybridized carbons (Fsp3) is 0.250. The van der Waals surface area contributed by atoms with Gasteiger partial charge in [-0.15, -0.1) is 11.3 Å². The molecule has 0 atom stereocenters. The summed E-state index contributed by atoms with van der Waals surface area (Å²) in [4.78, 5) is 12.9. The van der Waals surface area contributed by atoms with Gasteiger partial charge >= 0.3 is 12.1 Å². The van der Waals surface area contributed by atoms with Gasteiger partial charge in [-0.05, 0) is 29.7 Å². The number of hydrogen-bond donors (Lipinski definition) is 1. The quantitative estimate of drug-likeness (QED) is 0.337. The van der Waals surface area contributed by atoms with E-state index in [0.29, 0.717) is 53.4 Å². The van der Waals surface area contributed by atoms with Crippen LogP contribution in [0.4, 0.5) is 17.6 Å². The number of fused-ring (bicyclic) bond motifs is 1. The Hall–Kier alpha value is -3.63. The second-order valence-electron chi connectivity index (χ2n) is 9.05. The number of hydrogen-bond acceptors (Lipinski definition) is 5. The van der Waals surface area contributed by atoms with Crippen LogP contribution < -0.4 is 9.47 Å². The number of carboxylic acids is 1. The molecule has 198 valence electrons. The number of benzene rings is 2. The van der Waals surface area contributed by atoms with Gasteiger partial charge in [-0.2, -0.15) is 13.2 Å². The minimum atomic E-state index is -4.51. The van der Waals surface area contributed by atoms with E-state index in [1.807, 2.05) is 4.90 Å². The van der Waals surface area contributed by atoms with Crippen molar-refractivity contribution >= 4 is 23.4 Å². The summed E-state index contributed by atoms with van der Waals surface area (Å²) in [6, 6.07) is 12.5. The predicted octanol–water partition coefficient (Wildman–Crippen LogP) is 6.64. The number of carboxylic acid groups (broad SMARTS) is 1. The highest BCUT2D eigenvalue weighted by molar-refractivity contribution is 7.12. The molecule has 0 saturated heterocycles. The maximum Gasteiger partial charge on any atom is 0.426 e. The summed E-state index contributed by atoms with van der Waals surface area (Å²) < 4.78 is 67.4. The second-order valence-corrected chi connectivity index (χ2v) is 10.2. The molecular weight excluding hydrogens is 522 g/mol. The first kappa shape index (κ1) is 26.0. The molecule has 0 radical (unpaired) electrons.